The van der Waals surface area contributed by atoms with Crippen LogP contribution in [0, 0.1) is 6.92 Å². The fraction of sp³-hybridized carbons (Fsp3) is 0.385. The fourth-order valence-corrected chi connectivity index (χ4v) is 2.57. The van der Waals surface area contributed by atoms with Gasteiger partial charge >= 0.3 is 0 Å². The summed E-state index contributed by atoms with van der Waals surface area (Å²) in [6.07, 6.45) is 2.29. The molecule has 16 heavy (non-hydrogen) atoms. The van der Waals surface area contributed by atoms with Gasteiger partial charge in [0.25, 0.3) is 5.56 Å². The van der Waals surface area contributed by atoms with Gasteiger partial charge in [-0.25, -0.2) is 4.98 Å². The smallest absolute Gasteiger partial charge is 0.258 e. The van der Waals surface area contributed by atoms with Crippen LogP contribution in [0.25, 0.3) is 10.9 Å². The van der Waals surface area contributed by atoms with E-state index in [0.29, 0.717) is 11.7 Å². The zero-order chi connectivity index (χ0) is 11.3. The molecule has 0 saturated heterocycles. The molecule has 0 radical (unpaired) electrons. The van der Waals surface area contributed by atoms with Crippen molar-refractivity contribution in [2.75, 3.05) is 0 Å². The molecule has 3 nitrogen and oxygen atoms in total. The van der Waals surface area contributed by atoms with Crippen molar-refractivity contribution < 1.29 is 0 Å². The monoisotopic (exact) mass is 214 g/mol. The van der Waals surface area contributed by atoms with Gasteiger partial charge in [0.2, 0.25) is 0 Å². The molecular weight excluding hydrogens is 200 g/mol. The van der Waals surface area contributed by atoms with E-state index in [2.05, 4.69) is 23.0 Å². The van der Waals surface area contributed by atoms with E-state index in [1.807, 2.05) is 13.0 Å². The van der Waals surface area contributed by atoms with Crippen LogP contribution in [0.5, 0.6) is 0 Å². The van der Waals surface area contributed by atoms with E-state index in [9.17, 15) is 4.79 Å². The van der Waals surface area contributed by atoms with E-state index >= 15 is 0 Å². The highest BCUT2D eigenvalue weighted by Crippen LogP contribution is 2.34. The predicted molar refractivity (Wildman–Crippen MR) is 63.8 cm³/mol. The quantitative estimate of drug-likeness (QED) is 0.731. The summed E-state index contributed by atoms with van der Waals surface area (Å²) in [6.45, 7) is 4.03. The van der Waals surface area contributed by atoms with Gasteiger partial charge in [0.05, 0.1) is 10.9 Å². The van der Waals surface area contributed by atoms with Crippen LogP contribution in [0.15, 0.2) is 16.9 Å². The predicted octanol–water partition coefficient (Wildman–Crippen LogP) is 2.28. The van der Waals surface area contributed by atoms with Crippen molar-refractivity contribution in [3.8, 4) is 0 Å². The Bertz CT molecular complexity index is 628. The highest BCUT2D eigenvalue weighted by Gasteiger charge is 2.19. The zero-order valence-electron chi connectivity index (χ0n) is 9.50. The Labute approximate surface area is 93.5 Å². The summed E-state index contributed by atoms with van der Waals surface area (Å²) in [5.41, 5.74) is 3.49. The maximum atomic E-state index is 11.8. The molecule has 1 heterocycles. The van der Waals surface area contributed by atoms with E-state index in [4.69, 9.17) is 0 Å². The summed E-state index contributed by atoms with van der Waals surface area (Å²) in [6, 6.07) is 4.10. The molecule has 2 aromatic rings. The first-order valence-corrected chi connectivity index (χ1v) is 5.68. The maximum absolute atomic E-state index is 11.8. The summed E-state index contributed by atoms with van der Waals surface area (Å²) in [4.78, 5) is 18.9. The molecular formula is C13H14N2O. The Balaban J connectivity index is 2.40. The SMILES string of the molecule is Cc1nc2cc3c(cc2c(=O)[nH]1)C(C)CC3. The van der Waals surface area contributed by atoms with Crippen LogP contribution in [-0.4, -0.2) is 9.97 Å². The van der Waals surface area contributed by atoms with Crippen LogP contribution in [0.1, 0.15) is 36.2 Å². The lowest BCUT2D eigenvalue weighted by Crippen LogP contribution is -2.10. The summed E-state index contributed by atoms with van der Waals surface area (Å²) in [5, 5.41) is 0.720. The van der Waals surface area contributed by atoms with Crippen LogP contribution < -0.4 is 5.56 Å². The molecule has 1 aliphatic rings. The Morgan fingerprint density at radius 2 is 2.25 bits per heavy atom. The van der Waals surface area contributed by atoms with E-state index in [-0.39, 0.29) is 5.56 Å². The number of aromatic amines is 1. The summed E-state index contributed by atoms with van der Waals surface area (Å²) >= 11 is 0. The number of hydrogen-bond donors (Lipinski definition) is 1. The molecule has 3 heteroatoms. The van der Waals surface area contributed by atoms with Gasteiger partial charge in [-0.15, -0.1) is 0 Å². The van der Waals surface area contributed by atoms with Gasteiger partial charge in [-0.2, -0.15) is 0 Å². The van der Waals surface area contributed by atoms with Crippen molar-refractivity contribution >= 4 is 10.9 Å². The average Bonchev–Trinajstić information content (AvgIpc) is 2.57. The van der Waals surface area contributed by atoms with Crippen LogP contribution >= 0.6 is 0 Å². The molecule has 0 amide bonds. The molecule has 0 aliphatic heterocycles. The molecule has 1 unspecified atom stereocenters. The number of hydrogen-bond acceptors (Lipinski definition) is 2. The van der Waals surface area contributed by atoms with Crippen molar-refractivity contribution in [2.45, 2.75) is 32.6 Å². The lowest BCUT2D eigenvalue weighted by atomic mass is 10.0. The third-order valence-electron chi connectivity index (χ3n) is 3.46. The minimum absolute atomic E-state index is 0.0237. The first kappa shape index (κ1) is 9.58. The zero-order valence-corrected chi connectivity index (χ0v) is 9.50. The Morgan fingerprint density at radius 1 is 1.44 bits per heavy atom. The highest BCUT2D eigenvalue weighted by molar-refractivity contribution is 5.80. The lowest BCUT2D eigenvalue weighted by Gasteiger charge is -2.06. The summed E-state index contributed by atoms with van der Waals surface area (Å²) in [7, 11) is 0. The number of nitrogens with one attached hydrogen (secondary N) is 1. The minimum Gasteiger partial charge on any atom is -0.310 e. The molecule has 82 valence electrons. The van der Waals surface area contributed by atoms with Gasteiger partial charge in [0.15, 0.2) is 0 Å². The van der Waals surface area contributed by atoms with Gasteiger partial charge in [0.1, 0.15) is 5.82 Å². The van der Waals surface area contributed by atoms with E-state index in [0.717, 1.165) is 17.3 Å². The third-order valence-corrected chi connectivity index (χ3v) is 3.46. The van der Waals surface area contributed by atoms with Crippen molar-refractivity contribution in [3.63, 3.8) is 0 Å². The second-order valence-corrected chi connectivity index (χ2v) is 4.66. The van der Waals surface area contributed by atoms with Gasteiger partial charge in [0, 0.05) is 0 Å². The number of nitrogens with zero attached hydrogens (tertiary/aromatic N) is 1. The van der Waals surface area contributed by atoms with E-state index in [1.54, 1.807) is 0 Å². The van der Waals surface area contributed by atoms with Crippen LogP contribution in [0.2, 0.25) is 0 Å². The number of aryl methyl sites for hydroxylation is 2. The first-order chi connectivity index (χ1) is 7.65. The van der Waals surface area contributed by atoms with E-state index in [1.165, 1.54) is 17.5 Å². The normalized spacial score (nSPS) is 19.0. The van der Waals surface area contributed by atoms with Crippen molar-refractivity contribution in [1.82, 2.24) is 9.97 Å². The van der Waals surface area contributed by atoms with Gasteiger partial charge in [-0.05, 0) is 48.9 Å². The molecule has 0 saturated carbocycles. The first-order valence-electron chi connectivity index (χ1n) is 5.68. The maximum Gasteiger partial charge on any atom is 0.258 e. The second-order valence-electron chi connectivity index (χ2n) is 4.66. The topological polar surface area (TPSA) is 45.8 Å². The standard InChI is InChI=1S/C13H14N2O/c1-7-3-4-9-5-12-11(6-10(7)9)13(16)15-8(2)14-12/h5-7H,3-4H2,1-2H3,(H,14,15,16). The molecule has 1 N–H and O–H groups in total. The van der Waals surface area contributed by atoms with Crippen LogP contribution in [0.4, 0.5) is 0 Å². The summed E-state index contributed by atoms with van der Waals surface area (Å²) in [5.74, 6) is 1.25. The molecule has 1 aromatic carbocycles. The van der Waals surface area contributed by atoms with Gasteiger partial charge in [-0.3, -0.25) is 4.79 Å². The van der Waals surface area contributed by atoms with Crippen LogP contribution in [-0.2, 0) is 6.42 Å². The number of aromatic nitrogens is 2. The fourth-order valence-electron chi connectivity index (χ4n) is 2.57. The molecule has 1 atom stereocenters. The number of fused-ring (bicyclic) bond motifs is 2. The number of H-pyrrole nitrogens is 1. The molecule has 0 bridgehead atoms. The Kier molecular flexibility index (Phi) is 1.90. The van der Waals surface area contributed by atoms with Gasteiger partial charge < -0.3 is 4.98 Å². The molecule has 1 aromatic heterocycles. The summed E-state index contributed by atoms with van der Waals surface area (Å²) < 4.78 is 0. The third kappa shape index (κ3) is 1.28. The van der Waals surface area contributed by atoms with Crippen molar-refractivity contribution in [1.29, 1.82) is 0 Å². The van der Waals surface area contributed by atoms with Crippen molar-refractivity contribution in [2.24, 2.45) is 0 Å². The number of rotatable bonds is 0. The lowest BCUT2D eigenvalue weighted by molar-refractivity contribution is 0.747. The minimum atomic E-state index is -0.0237. The largest absolute Gasteiger partial charge is 0.310 e. The highest BCUT2D eigenvalue weighted by atomic mass is 16.1. The van der Waals surface area contributed by atoms with Crippen molar-refractivity contribution in [3.05, 3.63) is 39.4 Å². The average molecular weight is 214 g/mol. The number of benzene rings is 1. The van der Waals surface area contributed by atoms with E-state index < -0.39 is 0 Å². The van der Waals surface area contributed by atoms with Gasteiger partial charge in [-0.1, -0.05) is 6.92 Å². The Hall–Kier alpha value is -1.64. The second kappa shape index (κ2) is 3.17. The Morgan fingerprint density at radius 3 is 3.06 bits per heavy atom. The molecule has 0 fully saturated rings. The molecule has 0 spiro atoms. The molecule has 1 aliphatic carbocycles. The molecule has 3 rings (SSSR count). The van der Waals surface area contributed by atoms with Crippen LogP contribution in [0.3, 0.4) is 0 Å².